The van der Waals surface area contributed by atoms with Crippen molar-refractivity contribution < 1.29 is 18.4 Å². The van der Waals surface area contributed by atoms with Gasteiger partial charge in [0.15, 0.2) is 0 Å². The third-order valence-corrected chi connectivity index (χ3v) is 4.49. The Morgan fingerprint density at radius 2 is 2.07 bits per heavy atom. The number of anilines is 1. The van der Waals surface area contributed by atoms with Gasteiger partial charge in [0.05, 0.1) is 22.9 Å². The van der Waals surface area contributed by atoms with Gasteiger partial charge in [-0.25, -0.2) is 4.39 Å². The Balaban J connectivity index is 2.00. The summed E-state index contributed by atoms with van der Waals surface area (Å²) in [6, 6.07) is 9.13. The molecule has 1 aromatic heterocycles. The third-order valence-electron chi connectivity index (χ3n) is 3.94. The van der Waals surface area contributed by atoms with Gasteiger partial charge >= 0.3 is 0 Å². The maximum absolute atomic E-state index is 14.3. The Morgan fingerprint density at radius 3 is 2.79 bits per heavy atom. The predicted octanol–water partition coefficient (Wildman–Crippen LogP) is 6.14. The van der Waals surface area contributed by atoms with E-state index in [1.807, 2.05) is 6.92 Å². The fourth-order valence-corrected chi connectivity index (χ4v) is 3.08. The Morgan fingerprint density at radius 1 is 1.29 bits per heavy atom. The van der Waals surface area contributed by atoms with Crippen molar-refractivity contribution in [3.8, 4) is 17.0 Å². The fraction of sp³-hybridized carbons (Fsp3) is 0.200. The van der Waals surface area contributed by atoms with E-state index in [-0.39, 0.29) is 27.6 Å². The molecule has 0 spiro atoms. The van der Waals surface area contributed by atoms with Crippen LogP contribution in [0.5, 0.6) is 5.75 Å². The van der Waals surface area contributed by atoms with E-state index in [2.05, 4.69) is 10.5 Å². The largest absolute Gasteiger partial charge is 0.491 e. The molecule has 0 radical (unpaired) electrons. The number of halogens is 3. The molecule has 0 unspecified atom stereocenters. The molecule has 2 aromatic carbocycles. The number of amides is 1. The lowest BCUT2D eigenvalue weighted by molar-refractivity contribution is 0.102. The molecule has 0 saturated heterocycles. The molecule has 0 aliphatic carbocycles. The smallest absolute Gasteiger partial charge is 0.261 e. The fourth-order valence-electron chi connectivity index (χ4n) is 2.66. The van der Waals surface area contributed by atoms with Crippen LogP contribution in [-0.2, 0) is 0 Å². The summed E-state index contributed by atoms with van der Waals surface area (Å²) in [6.07, 6.45) is 0.802. The second-order valence-electron chi connectivity index (χ2n) is 6.00. The first kappa shape index (κ1) is 20.2. The number of rotatable bonds is 6. The molecule has 1 heterocycles. The monoisotopic (exact) mass is 422 g/mol. The summed E-state index contributed by atoms with van der Waals surface area (Å²) in [5.41, 5.74) is 0.487. The topological polar surface area (TPSA) is 64.4 Å². The summed E-state index contributed by atoms with van der Waals surface area (Å²) < 4.78 is 25.1. The van der Waals surface area contributed by atoms with Crippen LogP contribution in [0.25, 0.3) is 11.3 Å². The molecular formula is C20H17Cl2FN2O3. The Kier molecular flexibility index (Phi) is 6.21. The molecule has 28 heavy (non-hydrogen) atoms. The van der Waals surface area contributed by atoms with E-state index in [4.69, 9.17) is 32.5 Å². The van der Waals surface area contributed by atoms with E-state index in [9.17, 15) is 9.18 Å². The van der Waals surface area contributed by atoms with Crippen LogP contribution in [0.1, 0.15) is 29.5 Å². The van der Waals surface area contributed by atoms with Gasteiger partial charge in [0, 0.05) is 5.02 Å². The zero-order chi connectivity index (χ0) is 20.3. The molecule has 5 nitrogen and oxygen atoms in total. The highest BCUT2D eigenvalue weighted by molar-refractivity contribution is 6.33. The maximum Gasteiger partial charge on any atom is 0.261 e. The van der Waals surface area contributed by atoms with Crippen LogP contribution >= 0.6 is 23.2 Å². The van der Waals surface area contributed by atoms with Crippen LogP contribution in [-0.4, -0.2) is 17.7 Å². The number of hydrogen-bond donors (Lipinski definition) is 1. The number of ether oxygens (including phenoxy) is 1. The summed E-state index contributed by atoms with van der Waals surface area (Å²) in [6.45, 7) is 4.01. The second-order valence-corrected chi connectivity index (χ2v) is 6.85. The number of aromatic nitrogens is 1. The van der Waals surface area contributed by atoms with Gasteiger partial charge < -0.3 is 14.6 Å². The van der Waals surface area contributed by atoms with Crippen molar-refractivity contribution in [2.24, 2.45) is 0 Å². The summed E-state index contributed by atoms with van der Waals surface area (Å²) in [5, 5.41) is 7.13. The van der Waals surface area contributed by atoms with Crippen LogP contribution in [0.3, 0.4) is 0 Å². The van der Waals surface area contributed by atoms with Crippen LogP contribution in [0, 0.1) is 12.7 Å². The highest BCUT2D eigenvalue weighted by Gasteiger charge is 2.26. The Bertz CT molecular complexity index is 1000. The molecule has 0 saturated carbocycles. The SMILES string of the molecule is CCCOc1ccc(Cl)cc1NC(=O)c1c(-c2c(F)cccc2Cl)noc1C. The van der Waals surface area contributed by atoms with E-state index >= 15 is 0 Å². The van der Waals surface area contributed by atoms with Crippen LogP contribution in [0.4, 0.5) is 10.1 Å². The molecule has 3 rings (SSSR count). The zero-order valence-corrected chi connectivity index (χ0v) is 16.7. The molecule has 1 amide bonds. The van der Waals surface area contributed by atoms with E-state index in [0.29, 0.717) is 23.1 Å². The lowest BCUT2D eigenvalue weighted by Gasteiger charge is -2.13. The number of benzene rings is 2. The average Bonchev–Trinajstić information content (AvgIpc) is 3.02. The molecule has 0 bridgehead atoms. The van der Waals surface area contributed by atoms with Crippen molar-refractivity contribution >= 4 is 34.8 Å². The van der Waals surface area contributed by atoms with Crippen molar-refractivity contribution in [1.29, 1.82) is 0 Å². The number of carbonyl (C=O) groups excluding carboxylic acids is 1. The van der Waals surface area contributed by atoms with Crippen LogP contribution in [0.15, 0.2) is 40.9 Å². The van der Waals surface area contributed by atoms with E-state index in [1.165, 1.54) is 18.2 Å². The van der Waals surface area contributed by atoms with Gasteiger partial charge in [0.1, 0.15) is 28.6 Å². The highest BCUT2D eigenvalue weighted by Crippen LogP contribution is 2.35. The van der Waals surface area contributed by atoms with Gasteiger partial charge in [-0.05, 0) is 43.7 Å². The van der Waals surface area contributed by atoms with Gasteiger partial charge in [-0.3, -0.25) is 4.79 Å². The van der Waals surface area contributed by atoms with Gasteiger partial charge in [-0.1, -0.05) is 41.3 Å². The van der Waals surface area contributed by atoms with Gasteiger partial charge in [-0.2, -0.15) is 0 Å². The summed E-state index contributed by atoms with van der Waals surface area (Å²) in [4.78, 5) is 13.0. The highest BCUT2D eigenvalue weighted by atomic mass is 35.5. The standard InChI is InChI=1S/C20H17Cl2FN2O3/c1-3-9-27-16-8-7-12(21)10-15(16)24-20(26)17-11(2)28-25-19(17)18-13(22)5-4-6-14(18)23/h4-8,10H,3,9H2,1-2H3,(H,24,26). The molecule has 1 N–H and O–H groups in total. The average molecular weight is 423 g/mol. The van der Waals surface area contributed by atoms with Gasteiger partial charge in [-0.15, -0.1) is 0 Å². The number of carbonyl (C=O) groups is 1. The quantitative estimate of drug-likeness (QED) is 0.518. The molecule has 146 valence electrons. The molecule has 0 aliphatic heterocycles. The maximum atomic E-state index is 14.3. The molecule has 8 heteroatoms. The molecule has 0 aliphatic rings. The van der Waals surface area contributed by atoms with Gasteiger partial charge in [0.25, 0.3) is 5.91 Å². The number of nitrogens with one attached hydrogen (secondary N) is 1. The van der Waals surface area contributed by atoms with Crippen LogP contribution < -0.4 is 10.1 Å². The van der Waals surface area contributed by atoms with Gasteiger partial charge in [0.2, 0.25) is 0 Å². The van der Waals surface area contributed by atoms with Crippen LogP contribution in [0.2, 0.25) is 10.0 Å². The molecular weight excluding hydrogens is 406 g/mol. The second kappa shape index (κ2) is 8.63. The molecule has 0 fully saturated rings. The first-order chi connectivity index (χ1) is 13.4. The van der Waals surface area contributed by atoms with Crippen molar-refractivity contribution in [2.45, 2.75) is 20.3 Å². The first-order valence-corrected chi connectivity index (χ1v) is 9.32. The zero-order valence-electron chi connectivity index (χ0n) is 15.2. The number of nitrogens with zero attached hydrogens (tertiary/aromatic N) is 1. The molecule has 3 aromatic rings. The Labute approximate surface area is 171 Å². The Hall–Kier alpha value is -2.57. The van der Waals surface area contributed by atoms with E-state index in [0.717, 1.165) is 6.42 Å². The molecule has 0 atom stereocenters. The van der Waals surface area contributed by atoms with Crippen molar-refractivity contribution in [3.63, 3.8) is 0 Å². The lowest BCUT2D eigenvalue weighted by Crippen LogP contribution is -2.15. The summed E-state index contributed by atoms with van der Waals surface area (Å²) >= 11 is 12.2. The van der Waals surface area contributed by atoms with E-state index < -0.39 is 11.7 Å². The minimum Gasteiger partial charge on any atom is -0.491 e. The third kappa shape index (κ3) is 4.13. The lowest BCUT2D eigenvalue weighted by atomic mass is 10.0. The van der Waals surface area contributed by atoms with Crippen molar-refractivity contribution in [3.05, 3.63) is 63.6 Å². The summed E-state index contributed by atoms with van der Waals surface area (Å²) in [5.74, 6) is -0.453. The normalized spacial score (nSPS) is 10.8. The number of hydrogen-bond acceptors (Lipinski definition) is 4. The predicted molar refractivity (Wildman–Crippen MR) is 107 cm³/mol. The van der Waals surface area contributed by atoms with Crippen molar-refractivity contribution in [1.82, 2.24) is 5.16 Å². The number of aryl methyl sites for hydroxylation is 1. The van der Waals surface area contributed by atoms with E-state index in [1.54, 1.807) is 25.1 Å². The van der Waals surface area contributed by atoms with Crippen molar-refractivity contribution in [2.75, 3.05) is 11.9 Å². The first-order valence-electron chi connectivity index (χ1n) is 8.56. The summed E-state index contributed by atoms with van der Waals surface area (Å²) in [7, 11) is 0. The minimum atomic E-state index is -0.607. The minimum absolute atomic E-state index is 0.000262.